The summed E-state index contributed by atoms with van der Waals surface area (Å²) in [6.07, 6.45) is 0.251. The van der Waals surface area contributed by atoms with E-state index in [1.165, 1.54) is 18.3 Å². The number of alkyl halides is 3. The van der Waals surface area contributed by atoms with E-state index in [4.69, 9.17) is 4.74 Å². The predicted octanol–water partition coefficient (Wildman–Crippen LogP) is 6.90. The molecule has 4 nitrogen and oxygen atoms in total. The van der Waals surface area contributed by atoms with Crippen molar-refractivity contribution >= 4 is 34.1 Å². The van der Waals surface area contributed by atoms with Crippen LogP contribution in [0.5, 0.6) is 5.75 Å². The second-order valence-corrected chi connectivity index (χ2v) is 7.26. The number of nitrogens with one attached hydrogen (secondary N) is 1. The van der Waals surface area contributed by atoms with E-state index in [2.05, 4.69) is 10.3 Å². The third kappa shape index (κ3) is 5.20. The van der Waals surface area contributed by atoms with Crippen LogP contribution in [0.1, 0.15) is 21.5 Å². The molecule has 0 spiro atoms. The molecule has 0 fully saturated rings. The zero-order valence-corrected chi connectivity index (χ0v) is 17.6. The fraction of sp³-hybridized carbons (Fsp3) is 0.0769. The molecule has 0 saturated heterocycles. The Morgan fingerprint density at radius 3 is 2.36 bits per heavy atom. The average molecular weight is 448 g/mol. The summed E-state index contributed by atoms with van der Waals surface area (Å²) < 4.78 is 44.0. The van der Waals surface area contributed by atoms with Crippen LogP contribution in [-0.4, -0.2) is 17.9 Å². The first-order valence-corrected chi connectivity index (χ1v) is 10.0. The maximum Gasteiger partial charge on any atom is 0.416 e. The summed E-state index contributed by atoms with van der Waals surface area (Å²) in [5.74, 6) is 0.593. The van der Waals surface area contributed by atoms with Gasteiger partial charge in [0.15, 0.2) is 5.78 Å². The first-order chi connectivity index (χ1) is 15.8. The van der Waals surface area contributed by atoms with Gasteiger partial charge in [-0.05, 0) is 66.2 Å². The average Bonchev–Trinajstić information content (AvgIpc) is 2.82. The Labute approximate surface area is 188 Å². The van der Waals surface area contributed by atoms with Crippen LogP contribution in [0.2, 0.25) is 0 Å². The summed E-state index contributed by atoms with van der Waals surface area (Å²) in [6, 6.07) is 19.3. The van der Waals surface area contributed by atoms with Crippen LogP contribution in [-0.2, 0) is 6.18 Å². The first kappa shape index (κ1) is 22.1. The van der Waals surface area contributed by atoms with Crippen molar-refractivity contribution in [2.45, 2.75) is 6.18 Å². The summed E-state index contributed by atoms with van der Waals surface area (Å²) in [5.41, 5.74) is 2.20. The minimum absolute atomic E-state index is 0.147. The van der Waals surface area contributed by atoms with Gasteiger partial charge >= 0.3 is 6.18 Å². The number of allylic oxidation sites excluding steroid dienone is 1. The van der Waals surface area contributed by atoms with Crippen molar-refractivity contribution in [3.8, 4) is 5.75 Å². The van der Waals surface area contributed by atoms with Crippen LogP contribution in [0.4, 0.5) is 24.5 Å². The third-order valence-electron chi connectivity index (χ3n) is 5.06. The van der Waals surface area contributed by atoms with Crippen molar-refractivity contribution in [1.82, 2.24) is 4.98 Å². The topological polar surface area (TPSA) is 51.2 Å². The third-order valence-corrected chi connectivity index (χ3v) is 5.06. The molecular formula is C26H19F3N2O2. The van der Waals surface area contributed by atoms with Gasteiger partial charge in [0.1, 0.15) is 5.75 Å². The minimum Gasteiger partial charge on any atom is -0.497 e. The number of nitrogens with zero attached hydrogens (tertiary/aromatic N) is 1. The lowest BCUT2D eigenvalue weighted by atomic mass is 10.1. The van der Waals surface area contributed by atoms with Crippen molar-refractivity contribution < 1.29 is 22.7 Å². The minimum atomic E-state index is -4.43. The summed E-state index contributed by atoms with van der Waals surface area (Å²) in [6.45, 7) is 0. The lowest BCUT2D eigenvalue weighted by molar-refractivity contribution is -0.137. The smallest absolute Gasteiger partial charge is 0.416 e. The highest BCUT2D eigenvalue weighted by atomic mass is 19.4. The number of benzene rings is 3. The monoisotopic (exact) mass is 448 g/mol. The van der Waals surface area contributed by atoms with Gasteiger partial charge in [-0.3, -0.25) is 9.78 Å². The summed E-state index contributed by atoms with van der Waals surface area (Å²) in [5, 5.41) is 3.74. The Bertz CT molecular complexity index is 1310. The zero-order chi connectivity index (χ0) is 23.4. The van der Waals surface area contributed by atoms with E-state index in [1.807, 2.05) is 24.3 Å². The highest BCUT2D eigenvalue weighted by Crippen LogP contribution is 2.33. The van der Waals surface area contributed by atoms with Crippen molar-refractivity contribution in [1.29, 1.82) is 0 Å². The van der Waals surface area contributed by atoms with E-state index in [0.717, 1.165) is 23.4 Å². The number of ether oxygens (including phenoxy) is 1. The number of hydrogen-bond donors (Lipinski definition) is 1. The van der Waals surface area contributed by atoms with Gasteiger partial charge in [-0.1, -0.05) is 24.3 Å². The van der Waals surface area contributed by atoms with Crippen LogP contribution in [0.3, 0.4) is 0 Å². The van der Waals surface area contributed by atoms with Crippen molar-refractivity contribution in [2.24, 2.45) is 0 Å². The molecule has 1 aromatic heterocycles. The van der Waals surface area contributed by atoms with Crippen molar-refractivity contribution in [3.05, 3.63) is 102 Å². The maximum atomic E-state index is 13.0. The quantitative estimate of drug-likeness (QED) is 0.257. The molecular weight excluding hydrogens is 429 g/mol. The van der Waals surface area contributed by atoms with Crippen molar-refractivity contribution in [2.75, 3.05) is 12.4 Å². The molecule has 33 heavy (non-hydrogen) atoms. The van der Waals surface area contributed by atoms with Crippen molar-refractivity contribution in [3.63, 3.8) is 0 Å². The summed E-state index contributed by atoms with van der Waals surface area (Å²) in [4.78, 5) is 16.5. The van der Waals surface area contributed by atoms with Crippen LogP contribution < -0.4 is 10.1 Å². The lowest BCUT2D eigenvalue weighted by Crippen LogP contribution is -2.04. The van der Waals surface area contributed by atoms with Crippen LogP contribution in [0.25, 0.3) is 17.0 Å². The Morgan fingerprint density at radius 2 is 1.70 bits per heavy atom. The van der Waals surface area contributed by atoms with Gasteiger partial charge < -0.3 is 10.1 Å². The van der Waals surface area contributed by atoms with E-state index in [-0.39, 0.29) is 11.3 Å². The largest absolute Gasteiger partial charge is 0.497 e. The van der Waals surface area contributed by atoms with Gasteiger partial charge in [0.05, 0.1) is 18.2 Å². The Hall–Kier alpha value is -4.13. The van der Waals surface area contributed by atoms with Crippen LogP contribution >= 0.6 is 0 Å². The number of hydrogen-bond acceptors (Lipinski definition) is 4. The standard InChI is InChI=1S/C26H19F3N2O2/c1-33-21-10-2-17(3-11-21)4-13-25(32)18-5-8-20(9-6-18)31-23-14-15-30-24-16-19(26(27,28)29)7-12-22(23)24/h2-16H,1H3,(H,30,31)/b13-4+. The summed E-state index contributed by atoms with van der Waals surface area (Å²) in [7, 11) is 1.59. The number of ketones is 1. The molecule has 0 atom stereocenters. The molecule has 0 amide bonds. The molecule has 0 unspecified atom stereocenters. The molecule has 1 N–H and O–H groups in total. The molecule has 3 aromatic carbocycles. The van der Waals surface area contributed by atoms with Gasteiger partial charge in [0, 0.05) is 28.5 Å². The number of carbonyl (C=O) groups is 1. The normalized spacial score (nSPS) is 11.6. The molecule has 4 aromatic rings. The van der Waals surface area contributed by atoms with Gasteiger partial charge in [-0.15, -0.1) is 0 Å². The molecule has 0 saturated carbocycles. The summed E-state index contributed by atoms with van der Waals surface area (Å²) >= 11 is 0. The van der Waals surface area contributed by atoms with Crippen LogP contribution in [0.15, 0.2) is 85.1 Å². The van der Waals surface area contributed by atoms with Crippen LogP contribution in [0, 0.1) is 0 Å². The number of methoxy groups -OCH3 is 1. The van der Waals surface area contributed by atoms with E-state index < -0.39 is 11.7 Å². The molecule has 0 aliphatic rings. The van der Waals surface area contributed by atoms with Gasteiger partial charge in [-0.2, -0.15) is 13.2 Å². The van der Waals surface area contributed by atoms with Gasteiger partial charge in [0.2, 0.25) is 0 Å². The molecule has 7 heteroatoms. The van der Waals surface area contributed by atoms with E-state index >= 15 is 0 Å². The Morgan fingerprint density at radius 1 is 0.970 bits per heavy atom. The molecule has 1 heterocycles. The number of rotatable bonds is 6. The highest BCUT2D eigenvalue weighted by molar-refractivity contribution is 6.07. The fourth-order valence-corrected chi connectivity index (χ4v) is 3.29. The van der Waals surface area contributed by atoms with Gasteiger partial charge in [-0.25, -0.2) is 0 Å². The number of fused-ring (bicyclic) bond motifs is 1. The van der Waals surface area contributed by atoms with E-state index in [9.17, 15) is 18.0 Å². The second kappa shape index (κ2) is 9.16. The Kier molecular flexibility index (Phi) is 6.13. The molecule has 0 aliphatic carbocycles. The second-order valence-electron chi connectivity index (χ2n) is 7.26. The van der Waals surface area contributed by atoms with E-state index in [1.54, 1.807) is 43.5 Å². The van der Waals surface area contributed by atoms with Gasteiger partial charge in [0.25, 0.3) is 0 Å². The number of carbonyl (C=O) groups excluding carboxylic acids is 1. The first-order valence-electron chi connectivity index (χ1n) is 10.0. The highest BCUT2D eigenvalue weighted by Gasteiger charge is 2.30. The number of pyridine rings is 1. The fourth-order valence-electron chi connectivity index (χ4n) is 3.29. The lowest BCUT2D eigenvalue weighted by Gasteiger charge is -2.12. The Balaban J connectivity index is 1.48. The number of aromatic nitrogens is 1. The number of anilines is 2. The maximum absolute atomic E-state index is 13.0. The molecule has 166 valence electrons. The molecule has 0 aliphatic heterocycles. The zero-order valence-electron chi connectivity index (χ0n) is 17.6. The predicted molar refractivity (Wildman–Crippen MR) is 123 cm³/mol. The molecule has 0 radical (unpaired) electrons. The molecule has 0 bridgehead atoms. The molecule has 4 rings (SSSR count). The number of halogens is 3. The SMILES string of the molecule is COc1ccc(/C=C/C(=O)c2ccc(Nc3ccnc4cc(C(F)(F)F)ccc34)cc2)cc1. The van der Waals surface area contributed by atoms with E-state index in [0.29, 0.717) is 22.3 Å².